The zero-order chi connectivity index (χ0) is 23.1. The maximum atomic E-state index is 15.1. The Bertz CT molecular complexity index is 1060. The van der Waals surface area contributed by atoms with Crippen LogP contribution < -0.4 is 5.32 Å². The van der Waals surface area contributed by atoms with Gasteiger partial charge < -0.3 is 5.11 Å². The fourth-order valence-electron chi connectivity index (χ4n) is 4.50. The molecule has 0 amide bonds. The highest BCUT2D eigenvalue weighted by Gasteiger charge is 2.60. The maximum Gasteiger partial charge on any atom is 0.321 e. The molecule has 164 valence electrons. The molecule has 0 radical (unpaired) electrons. The van der Waals surface area contributed by atoms with Crippen molar-refractivity contribution in [2.24, 2.45) is 5.41 Å². The third-order valence-electron chi connectivity index (χ3n) is 5.74. The van der Waals surface area contributed by atoms with E-state index in [-0.39, 0.29) is 26.6 Å². The Morgan fingerprint density at radius 1 is 1.23 bits per heavy atom. The highest BCUT2D eigenvalue weighted by atomic mass is 35.5. The highest BCUT2D eigenvalue weighted by Crippen LogP contribution is 2.52. The van der Waals surface area contributed by atoms with Gasteiger partial charge in [-0.15, -0.1) is 0 Å². The normalized spacial score (nSPS) is 25.9. The van der Waals surface area contributed by atoms with Gasteiger partial charge in [0.15, 0.2) is 0 Å². The van der Waals surface area contributed by atoms with Gasteiger partial charge >= 0.3 is 5.97 Å². The first kappa shape index (κ1) is 23.5. The molecule has 31 heavy (non-hydrogen) atoms. The number of nitriles is 1. The van der Waals surface area contributed by atoms with E-state index in [0.29, 0.717) is 6.42 Å². The predicted molar refractivity (Wildman–Crippen MR) is 115 cm³/mol. The van der Waals surface area contributed by atoms with Crippen molar-refractivity contribution in [3.05, 3.63) is 69.2 Å². The Morgan fingerprint density at radius 3 is 2.45 bits per heavy atom. The van der Waals surface area contributed by atoms with Crippen LogP contribution in [0.25, 0.3) is 0 Å². The molecule has 4 atom stereocenters. The Morgan fingerprint density at radius 2 is 1.90 bits per heavy atom. The number of hydrogen-bond donors (Lipinski definition) is 2. The minimum atomic E-state index is -1.59. The quantitative estimate of drug-likeness (QED) is 0.607. The van der Waals surface area contributed by atoms with E-state index in [2.05, 4.69) is 11.4 Å². The van der Waals surface area contributed by atoms with Gasteiger partial charge in [0.1, 0.15) is 23.1 Å². The molecule has 8 heteroatoms. The molecule has 0 saturated carbocycles. The van der Waals surface area contributed by atoms with E-state index in [1.165, 1.54) is 30.3 Å². The van der Waals surface area contributed by atoms with Crippen molar-refractivity contribution < 1.29 is 18.7 Å². The zero-order valence-corrected chi connectivity index (χ0v) is 18.7. The van der Waals surface area contributed by atoms with Gasteiger partial charge in [-0.3, -0.25) is 10.1 Å². The molecule has 1 saturated heterocycles. The Labute approximate surface area is 189 Å². The molecule has 2 aromatic rings. The van der Waals surface area contributed by atoms with Crippen molar-refractivity contribution in [2.75, 3.05) is 0 Å². The minimum Gasteiger partial charge on any atom is -0.480 e. The van der Waals surface area contributed by atoms with Crippen LogP contribution in [0, 0.1) is 28.4 Å². The number of nitrogens with zero attached hydrogens (tertiary/aromatic N) is 1. The number of carboxylic acids is 1. The molecule has 0 bridgehead atoms. The molecule has 0 unspecified atom stereocenters. The summed E-state index contributed by atoms with van der Waals surface area (Å²) in [5.74, 6) is -3.95. The lowest BCUT2D eigenvalue weighted by molar-refractivity contribution is -0.139. The molecule has 4 nitrogen and oxygen atoms in total. The summed E-state index contributed by atoms with van der Waals surface area (Å²) in [4.78, 5) is 12.2. The first-order valence-corrected chi connectivity index (χ1v) is 10.5. The molecule has 1 aliphatic rings. The molecular formula is C23H22Cl2F2N2O2. The summed E-state index contributed by atoms with van der Waals surface area (Å²) in [6.07, 6.45) is 0.382. The van der Waals surface area contributed by atoms with Crippen LogP contribution in [0.4, 0.5) is 8.78 Å². The van der Waals surface area contributed by atoms with E-state index in [4.69, 9.17) is 23.2 Å². The predicted octanol–water partition coefficient (Wildman–Crippen LogP) is 5.68. The number of benzene rings is 2. The Hall–Kier alpha value is -2.20. The molecule has 2 N–H and O–H groups in total. The van der Waals surface area contributed by atoms with Gasteiger partial charge in [-0.1, -0.05) is 62.2 Å². The van der Waals surface area contributed by atoms with Gasteiger partial charge in [0.25, 0.3) is 0 Å². The van der Waals surface area contributed by atoms with E-state index in [0.717, 1.165) is 6.07 Å². The smallest absolute Gasteiger partial charge is 0.321 e. The third kappa shape index (κ3) is 4.15. The summed E-state index contributed by atoms with van der Waals surface area (Å²) in [7, 11) is 0. The summed E-state index contributed by atoms with van der Waals surface area (Å²) in [5.41, 5.74) is -1.68. The highest BCUT2D eigenvalue weighted by molar-refractivity contribution is 6.31. The maximum absolute atomic E-state index is 15.1. The van der Waals surface area contributed by atoms with Crippen LogP contribution in [0.15, 0.2) is 36.4 Å². The van der Waals surface area contributed by atoms with Crippen molar-refractivity contribution in [1.82, 2.24) is 5.32 Å². The van der Waals surface area contributed by atoms with Gasteiger partial charge in [-0.25, -0.2) is 8.78 Å². The largest absolute Gasteiger partial charge is 0.480 e. The second-order valence-corrected chi connectivity index (χ2v) is 9.84. The number of aliphatic carboxylic acids is 1. The summed E-state index contributed by atoms with van der Waals surface area (Å²) in [6.45, 7) is 5.84. The number of halogens is 4. The average molecular weight is 467 g/mol. The van der Waals surface area contributed by atoms with Crippen LogP contribution in [0.3, 0.4) is 0 Å². The summed E-state index contributed by atoms with van der Waals surface area (Å²) in [5, 5.41) is 23.2. The van der Waals surface area contributed by atoms with Crippen molar-refractivity contribution in [3.63, 3.8) is 0 Å². The van der Waals surface area contributed by atoms with E-state index >= 15 is 4.39 Å². The van der Waals surface area contributed by atoms with E-state index in [1.807, 2.05) is 20.8 Å². The molecule has 3 rings (SSSR count). The zero-order valence-electron chi connectivity index (χ0n) is 17.2. The number of carbonyl (C=O) groups is 1. The van der Waals surface area contributed by atoms with Gasteiger partial charge in [0, 0.05) is 12.0 Å². The fraction of sp³-hybridized carbons (Fsp3) is 0.391. The molecule has 1 fully saturated rings. The van der Waals surface area contributed by atoms with E-state index in [1.54, 1.807) is 0 Å². The van der Waals surface area contributed by atoms with Crippen LogP contribution in [0.2, 0.25) is 10.0 Å². The van der Waals surface area contributed by atoms with Gasteiger partial charge in [-0.05, 0) is 41.2 Å². The van der Waals surface area contributed by atoms with Crippen LogP contribution in [-0.4, -0.2) is 23.2 Å². The molecule has 2 aromatic carbocycles. The standard InChI is InChI=1S/C23H22Cl2F2N2O2/c1-22(2,3)10-17-23(11-28,12-7-8-14(24)16(26)9-12)18(20(29-17)21(30)31)13-5-4-6-15(25)19(13)27/h4-9,17-18,20,29H,10H2,1-3H3,(H,30,31)/t17-,18-,20+,23-/m0/s1. The fourth-order valence-corrected chi connectivity index (χ4v) is 4.80. The summed E-state index contributed by atoms with van der Waals surface area (Å²) < 4.78 is 29.6. The molecule has 0 spiro atoms. The molecule has 0 aliphatic carbocycles. The van der Waals surface area contributed by atoms with E-state index in [9.17, 15) is 19.6 Å². The number of carboxylic acid groups (broad SMARTS) is 1. The lowest BCUT2D eigenvalue weighted by atomic mass is 9.63. The van der Waals surface area contributed by atoms with Crippen molar-refractivity contribution in [1.29, 1.82) is 5.26 Å². The third-order valence-corrected chi connectivity index (χ3v) is 6.33. The van der Waals surface area contributed by atoms with Crippen LogP contribution in [0.1, 0.15) is 44.2 Å². The van der Waals surface area contributed by atoms with Crippen molar-refractivity contribution >= 4 is 29.2 Å². The molecule has 0 aromatic heterocycles. The van der Waals surface area contributed by atoms with Crippen molar-refractivity contribution in [2.45, 2.75) is 50.6 Å². The summed E-state index contributed by atoms with van der Waals surface area (Å²) >= 11 is 11.8. The minimum absolute atomic E-state index is 0.0132. The Balaban J connectivity index is 2.36. The van der Waals surface area contributed by atoms with Crippen LogP contribution in [0.5, 0.6) is 0 Å². The number of hydrogen-bond acceptors (Lipinski definition) is 3. The lowest BCUT2D eigenvalue weighted by Gasteiger charge is -2.37. The molecule has 1 heterocycles. The van der Waals surface area contributed by atoms with Crippen LogP contribution >= 0.6 is 23.2 Å². The first-order chi connectivity index (χ1) is 14.4. The topological polar surface area (TPSA) is 73.1 Å². The monoisotopic (exact) mass is 466 g/mol. The van der Waals surface area contributed by atoms with Gasteiger partial charge in [0.2, 0.25) is 0 Å². The number of rotatable bonds is 4. The first-order valence-electron chi connectivity index (χ1n) is 9.72. The number of nitrogens with one attached hydrogen (secondary N) is 1. The molecule has 1 aliphatic heterocycles. The SMILES string of the molecule is CC(C)(C)C[C@@H]1N[C@@H](C(=O)O)[C@H](c2cccc(Cl)c2F)[C@@]1(C#N)c1ccc(Cl)c(F)c1. The average Bonchev–Trinajstić information content (AvgIpc) is 2.99. The van der Waals surface area contributed by atoms with Gasteiger partial charge in [-0.2, -0.15) is 5.26 Å². The van der Waals surface area contributed by atoms with Gasteiger partial charge in [0.05, 0.1) is 16.1 Å². The van der Waals surface area contributed by atoms with Crippen molar-refractivity contribution in [3.8, 4) is 6.07 Å². The summed E-state index contributed by atoms with van der Waals surface area (Å²) in [6, 6.07) is 8.45. The molecular weight excluding hydrogens is 445 g/mol. The Kier molecular flexibility index (Phi) is 6.35. The van der Waals surface area contributed by atoms with E-state index < -0.39 is 41.0 Å². The second kappa shape index (κ2) is 8.38. The van der Waals surface area contributed by atoms with Crippen LogP contribution in [-0.2, 0) is 10.2 Å². The lowest BCUT2D eigenvalue weighted by Crippen LogP contribution is -2.44. The second-order valence-electron chi connectivity index (χ2n) is 9.03.